The molecule has 1 aromatic heterocycles. The summed E-state index contributed by atoms with van der Waals surface area (Å²) in [5.41, 5.74) is 6.03. The van der Waals surface area contributed by atoms with Crippen molar-refractivity contribution in [3.63, 3.8) is 0 Å². The van der Waals surface area contributed by atoms with Gasteiger partial charge in [-0.3, -0.25) is 0 Å². The van der Waals surface area contributed by atoms with E-state index in [1.54, 1.807) is 18.4 Å². The number of furan rings is 1. The lowest BCUT2D eigenvalue weighted by Crippen LogP contribution is -2.31. The van der Waals surface area contributed by atoms with Crippen LogP contribution in [0.3, 0.4) is 0 Å². The van der Waals surface area contributed by atoms with Crippen molar-refractivity contribution in [3.05, 3.63) is 24.2 Å². The van der Waals surface area contributed by atoms with Gasteiger partial charge in [0, 0.05) is 6.04 Å². The molecule has 3 N–H and O–H groups in total. The third-order valence-electron chi connectivity index (χ3n) is 3.57. The average Bonchev–Trinajstić information content (AvgIpc) is 2.83. The van der Waals surface area contributed by atoms with Crippen LogP contribution in [0.2, 0.25) is 0 Å². The molecule has 1 heterocycles. The van der Waals surface area contributed by atoms with Crippen LogP contribution < -0.4 is 5.73 Å². The van der Waals surface area contributed by atoms with Crippen LogP contribution in [-0.2, 0) is 0 Å². The van der Waals surface area contributed by atoms with E-state index in [1.165, 1.54) is 32.1 Å². The largest absolute Gasteiger partial charge is 0.467 e. The van der Waals surface area contributed by atoms with Gasteiger partial charge in [0.25, 0.3) is 0 Å². The Kier molecular flexibility index (Phi) is 4.02. The van der Waals surface area contributed by atoms with Crippen molar-refractivity contribution in [1.29, 1.82) is 0 Å². The van der Waals surface area contributed by atoms with Crippen molar-refractivity contribution >= 4 is 0 Å². The van der Waals surface area contributed by atoms with Gasteiger partial charge >= 0.3 is 0 Å². The molecule has 2 rings (SSSR count). The van der Waals surface area contributed by atoms with Crippen LogP contribution in [0.5, 0.6) is 0 Å². The van der Waals surface area contributed by atoms with Crippen molar-refractivity contribution in [1.82, 2.24) is 0 Å². The normalized spacial score (nSPS) is 21.9. The lowest BCUT2D eigenvalue weighted by atomic mass is 9.84. The van der Waals surface area contributed by atoms with E-state index in [-0.39, 0.29) is 6.04 Å². The molecule has 0 aliphatic heterocycles. The van der Waals surface area contributed by atoms with E-state index in [0.717, 1.165) is 6.42 Å². The maximum absolute atomic E-state index is 9.99. The number of rotatable bonds is 4. The average molecular weight is 223 g/mol. The maximum atomic E-state index is 9.99. The summed E-state index contributed by atoms with van der Waals surface area (Å²) >= 11 is 0. The quantitative estimate of drug-likeness (QED) is 0.824. The third kappa shape index (κ3) is 2.86. The molecule has 2 atom stereocenters. The van der Waals surface area contributed by atoms with Gasteiger partial charge in [-0.25, -0.2) is 0 Å². The highest BCUT2D eigenvalue weighted by molar-refractivity contribution is 5.04. The fourth-order valence-corrected chi connectivity index (χ4v) is 2.61. The van der Waals surface area contributed by atoms with E-state index >= 15 is 0 Å². The standard InChI is InChI=1S/C13H21NO2/c14-11(9-10-5-2-1-3-6-10)13(15)12-7-4-8-16-12/h4,7-8,10-11,13,15H,1-3,5-6,9,14H2/t11?,13-/m1/s1. The van der Waals surface area contributed by atoms with Gasteiger partial charge in [-0.2, -0.15) is 0 Å². The van der Waals surface area contributed by atoms with Crippen molar-refractivity contribution in [2.24, 2.45) is 11.7 Å². The van der Waals surface area contributed by atoms with Gasteiger partial charge in [0.15, 0.2) is 0 Å². The maximum Gasteiger partial charge on any atom is 0.133 e. The van der Waals surface area contributed by atoms with Gasteiger partial charge in [0.2, 0.25) is 0 Å². The summed E-state index contributed by atoms with van der Waals surface area (Å²) in [6, 6.07) is 3.37. The molecule has 3 nitrogen and oxygen atoms in total. The van der Waals surface area contributed by atoms with Crippen LogP contribution in [0.4, 0.5) is 0 Å². The van der Waals surface area contributed by atoms with Crippen molar-refractivity contribution in [2.75, 3.05) is 0 Å². The minimum absolute atomic E-state index is 0.200. The van der Waals surface area contributed by atoms with Crippen LogP contribution in [0, 0.1) is 5.92 Å². The highest BCUT2D eigenvalue weighted by atomic mass is 16.4. The number of hydrogen-bond acceptors (Lipinski definition) is 3. The zero-order valence-electron chi connectivity index (χ0n) is 9.64. The van der Waals surface area contributed by atoms with E-state index in [9.17, 15) is 5.11 Å². The molecule has 1 saturated carbocycles. The number of aliphatic hydroxyl groups is 1. The molecule has 0 radical (unpaired) electrons. The van der Waals surface area contributed by atoms with Gasteiger partial charge in [0.05, 0.1) is 6.26 Å². The molecule has 90 valence electrons. The molecule has 0 bridgehead atoms. The monoisotopic (exact) mass is 223 g/mol. The second kappa shape index (κ2) is 5.51. The van der Waals surface area contributed by atoms with Gasteiger partial charge in [-0.15, -0.1) is 0 Å². The van der Waals surface area contributed by atoms with Gasteiger partial charge in [-0.05, 0) is 24.5 Å². The molecule has 0 aromatic carbocycles. The Bertz CT molecular complexity index is 291. The summed E-state index contributed by atoms with van der Waals surface area (Å²) in [6.07, 6.45) is 8.33. The topological polar surface area (TPSA) is 59.4 Å². The molecule has 1 unspecified atom stereocenters. The van der Waals surface area contributed by atoms with Crippen molar-refractivity contribution < 1.29 is 9.52 Å². The van der Waals surface area contributed by atoms with E-state index in [0.29, 0.717) is 11.7 Å². The Labute approximate surface area is 96.6 Å². The first kappa shape index (κ1) is 11.7. The molecule has 0 saturated heterocycles. The minimum Gasteiger partial charge on any atom is -0.467 e. The smallest absolute Gasteiger partial charge is 0.133 e. The molecule has 16 heavy (non-hydrogen) atoms. The molecule has 1 aromatic rings. The number of aliphatic hydroxyl groups excluding tert-OH is 1. The minimum atomic E-state index is -0.656. The van der Waals surface area contributed by atoms with E-state index in [2.05, 4.69) is 0 Å². The van der Waals surface area contributed by atoms with Crippen molar-refractivity contribution in [2.45, 2.75) is 50.7 Å². The summed E-state index contributed by atoms with van der Waals surface area (Å²) in [5.74, 6) is 1.27. The highest BCUT2D eigenvalue weighted by Crippen LogP contribution is 2.29. The summed E-state index contributed by atoms with van der Waals surface area (Å²) < 4.78 is 5.18. The summed E-state index contributed by atoms with van der Waals surface area (Å²) in [7, 11) is 0. The molecular weight excluding hydrogens is 202 g/mol. The van der Waals surface area contributed by atoms with E-state index < -0.39 is 6.10 Å². The van der Waals surface area contributed by atoms with Crippen molar-refractivity contribution in [3.8, 4) is 0 Å². The second-order valence-electron chi connectivity index (χ2n) is 4.86. The highest BCUT2D eigenvalue weighted by Gasteiger charge is 2.24. The lowest BCUT2D eigenvalue weighted by molar-refractivity contribution is 0.106. The predicted molar refractivity (Wildman–Crippen MR) is 62.8 cm³/mol. The molecule has 0 spiro atoms. The molecular formula is C13H21NO2. The lowest BCUT2D eigenvalue weighted by Gasteiger charge is -2.26. The first-order valence-corrected chi connectivity index (χ1v) is 6.24. The molecule has 1 aliphatic rings. The van der Waals surface area contributed by atoms with Crippen LogP contribution in [-0.4, -0.2) is 11.1 Å². The Hall–Kier alpha value is -0.800. The van der Waals surface area contributed by atoms with Crippen LogP contribution in [0.1, 0.15) is 50.4 Å². The molecule has 0 amide bonds. The van der Waals surface area contributed by atoms with Crippen LogP contribution >= 0.6 is 0 Å². The van der Waals surface area contributed by atoms with Gasteiger partial charge in [-0.1, -0.05) is 32.1 Å². The van der Waals surface area contributed by atoms with E-state index in [1.807, 2.05) is 0 Å². The van der Waals surface area contributed by atoms with Crippen LogP contribution in [0.25, 0.3) is 0 Å². The third-order valence-corrected chi connectivity index (χ3v) is 3.57. The number of nitrogens with two attached hydrogens (primary N) is 1. The SMILES string of the molecule is NC(CC1CCCCC1)[C@@H](O)c1ccco1. The Morgan fingerprint density at radius 1 is 1.38 bits per heavy atom. The Morgan fingerprint density at radius 3 is 2.75 bits per heavy atom. The summed E-state index contributed by atoms with van der Waals surface area (Å²) in [6.45, 7) is 0. The zero-order chi connectivity index (χ0) is 11.4. The fourth-order valence-electron chi connectivity index (χ4n) is 2.61. The second-order valence-corrected chi connectivity index (χ2v) is 4.86. The predicted octanol–water partition coefficient (Wildman–Crippen LogP) is 2.61. The number of hydrogen-bond donors (Lipinski definition) is 2. The molecule has 3 heteroatoms. The first-order chi connectivity index (χ1) is 7.77. The Morgan fingerprint density at radius 2 is 2.12 bits per heavy atom. The summed E-state index contributed by atoms with van der Waals surface area (Å²) in [5, 5.41) is 9.99. The van der Waals surface area contributed by atoms with Gasteiger partial charge in [0.1, 0.15) is 11.9 Å². The fraction of sp³-hybridized carbons (Fsp3) is 0.692. The van der Waals surface area contributed by atoms with E-state index in [4.69, 9.17) is 10.2 Å². The first-order valence-electron chi connectivity index (χ1n) is 6.24. The van der Waals surface area contributed by atoms with Crippen LogP contribution in [0.15, 0.2) is 22.8 Å². The molecule has 1 fully saturated rings. The molecule has 1 aliphatic carbocycles. The van der Waals surface area contributed by atoms with Gasteiger partial charge < -0.3 is 15.3 Å². The Balaban J connectivity index is 1.84. The zero-order valence-corrected chi connectivity index (χ0v) is 9.64. The summed E-state index contributed by atoms with van der Waals surface area (Å²) in [4.78, 5) is 0.